The SMILES string of the molecule is Cc1ccccc1NC(=O)NCC(OCCO)c1ccsc1. The highest BCUT2D eigenvalue weighted by Crippen LogP contribution is 2.19. The molecule has 1 aromatic heterocycles. The molecule has 0 bridgehead atoms. The molecule has 1 aromatic carbocycles. The number of nitrogens with one attached hydrogen (secondary N) is 2. The summed E-state index contributed by atoms with van der Waals surface area (Å²) in [5, 5.41) is 18.4. The van der Waals surface area contributed by atoms with E-state index in [-0.39, 0.29) is 25.3 Å². The molecule has 0 aliphatic carbocycles. The number of carbonyl (C=O) groups excluding carboxylic acids is 1. The largest absolute Gasteiger partial charge is 0.394 e. The number of aliphatic hydroxyl groups excluding tert-OH is 1. The lowest BCUT2D eigenvalue weighted by molar-refractivity contribution is 0.0299. The maximum absolute atomic E-state index is 12.0. The highest BCUT2D eigenvalue weighted by Gasteiger charge is 2.14. The molecule has 5 nitrogen and oxygen atoms in total. The highest BCUT2D eigenvalue weighted by atomic mass is 32.1. The lowest BCUT2D eigenvalue weighted by Crippen LogP contribution is -2.33. The molecule has 118 valence electrons. The second-order valence-corrected chi connectivity index (χ2v) is 5.57. The van der Waals surface area contributed by atoms with Crippen LogP contribution in [0.1, 0.15) is 17.2 Å². The minimum absolute atomic E-state index is 0.0456. The molecule has 2 aromatic rings. The predicted molar refractivity (Wildman–Crippen MR) is 88.3 cm³/mol. The van der Waals surface area contributed by atoms with Crippen molar-refractivity contribution in [2.45, 2.75) is 13.0 Å². The van der Waals surface area contributed by atoms with Crippen LogP contribution in [-0.4, -0.2) is 30.9 Å². The van der Waals surface area contributed by atoms with Crippen LogP contribution in [0, 0.1) is 6.92 Å². The first-order chi connectivity index (χ1) is 10.7. The normalized spacial score (nSPS) is 11.9. The molecule has 6 heteroatoms. The molecule has 0 spiro atoms. The Morgan fingerprint density at radius 1 is 1.36 bits per heavy atom. The van der Waals surface area contributed by atoms with E-state index in [0.717, 1.165) is 16.8 Å². The van der Waals surface area contributed by atoms with Crippen LogP contribution in [0.5, 0.6) is 0 Å². The van der Waals surface area contributed by atoms with Crippen LogP contribution >= 0.6 is 11.3 Å². The van der Waals surface area contributed by atoms with E-state index in [1.54, 1.807) is 11.3 Å². The molecule has 0 aliphatic rings. The Bertz CT molecular complexity index is 587. The van der Waals surface area contributed by atoms with Crippen LogP contribution in [0.4, 0.5) is 10.5 Å². The number of thiophene rings is 1. The quantitative estimate of drug-likeness (QED) is 0.734. The summed E-state index contributed by atoms with van der Waals surface area (Å²) >= 11 is 1.57. The molecule has 3 N–H and O–H groups in total. The third kappa shape index (κ3) is 4.84. The van der Waals surface area contributed by atoms with E-state index in [4.69, 9.17) is 9.84 Å². The fourth-order valence-corrected chi connectivity index (χ4v) is 2.69. The number of ether oxygens (including phenoxy) is 1. The molecule has 2 rings (SSSR count). The van der Waals surface area contributed by atoms with Crippen molar-refractivity contribution < 1.29 is 14.6 Å². The highest BCUT2D eigenvalue weighted by molar-refractivity contribution is 7.07. The minimum atomic E-state index is -0.276. The van der Waals surface area contributed by atoms with E-state index < -0.39 is 0 Å². The van der Waals surface area contributed by atoms with E-state index >= 15 is 0 Å². The first-order valence-corrected chi connectivity index (χ1v) is 8.00. The number of aliphatic hydroxyl groups is 1. The van der Waals surface area contributed by atoms with E-state index in [1.165, 1.54) is 0 Å². The Balaban J connectivity index is 1.89. The third-order valence-electron chi connectivity index (χ3n) is 3.17. The van der Waals surface area contributed by atoms with Crippen molar-refractivity contribution in [2.75, 3.05) is 25.1 Å². The van der Waals surface area contributed by atoms with Crippen LogP contribution < -0.4 is 10.6 Å². The molecule has 1 heterocycles. The molecule has 1 atom stereocenters. The Kier molecular flexibility index (Phi) is 6.39. The Hall–Kier alpha value is -1.89. The van der Waals surface area contributed by atoms with Crippen molar-refractivity contribution in [1.82, 2.24) is 5.32 Å². The van der Waals surface area contributed by atoms with Gasteiger partial charge in [-0.3, -0.25) is 0 Å². The molecule has 0 aliphatic heterocycles. The molecule has 0 saturated carbocycles. The molecule has 1 unspecified atom stereocenters. The molecule has 22 heavy (non-hydrogen) atoms. The van der Waals surface area contributed by atoms with Crippen molar-refractivity contribution >= 4 is 23.1 Å². The van der Waals surface area contributed by atoms with Crippen molar-refractivity contribution in [3.63, 3.8) is 0 Å². The number of benzene rings is 1. The number of urea groups is 1. The summed E-state index contributed by atoms with van der Waals surface area (Å²) in [4.78, 5) is 12.0. The third-order valence-corrected chi connectivity index (χ3v) is 3.87. The maximum Gasteiger partial charge on any atom is 0.319 e. The van der Waals surface area contributed by atoms with Gasteiger partial charge in [-0.1, -0.05) is 18.2 Å². The van der Waals surface area contributed by atoms with Gasteiger partial charge in [0.05, 0.1) is 13.2 Å². The predicted octanol–water partition coefficient (Wildman–Crippen LogP) is 2.93. The molecular weight excluding hydrogens is 300 g/mol. The summed E-state index contributed by atoms with van der Waals surface area (Å²) in [5.74, 6) is 0. The van der Waals surface area contributed by atoms with Gasteiger partial charge in [0.25, 0.3) is 0 Å². The molecule has 0 radical (unpaired) electrons. The Morgan fingerprint density at radius 3 is 2.86 bits per heavy atom. The number of carbonyl (C=O) groups is 1. The maximum atomic E-state index is 12.0. The molecular formula is C16H20N2O3S. The number of para-hydroxylation sites is 1. The minimum Gasteiger partial charge on any atom is -0.394 e. The second kappa shape index (κ2) is 8.53. The fraction of sp³-hybridized carbons (Fsp3) is 0.312. The van der Waals surface area contributed by atoms with E-state index in [0.29, 0.717) is 6.54 Å². The van der Waals surface area contributed by atoms with Gasteiger partial charge in [0.1, 0.15) is 6.10 Å². The van der Waals surface area contributed by atoms with Crippen LogP contribution in [-0.2, 0) is 4.74 Å². The number of anilines is 1. The van der Waals surface area contributed by atoms with Gasteiger partial charge in [0, 0.05) is 12.2 Å². The zero-order valence-electron chi connectivity index (χ0n) is 12.4. The fourth-order valence-electron chi connectivity index (χ4n) is 1.99. The Labute approximate surface area is 133 Å². The summed E-state index contributed by atoms with van der Waals surface area (Å²) < 4.78 is 5.57. The molecule has 2 amide bonds. The van der Waals surface area contributed by atoms with Crippen molar-refractivity contribution in [3.8, 4) is 0 Å². The Morgan fingerprint density at radius 2 is 2.18 bits per heavy atom. The summed E-state index contributed by atoms with van der Waals surface area (Å²) in [7, 11) is 0. The van der Waals surface area contributed by atoms with Crippen molar-refractivity contribution in [3.05, 3.63) is 52.2 Å². The lowest BCUT2D eigenvalue weighted by Gasteiger charge is -2.18. The van der Waals surface area contributed by atoms with Crippen LogP contribution in [0.25, 0.3) is 0 Å². The number of amides is 2. The standard InChI is InChI=1S/C16H20N2O3S/c1-12-4-2-3-5-14(12)18-16(20)17-10-15(21-8-7-19)13-6-9-22-11-13/h2-6,9,11,15,19H,7-8,10H2,1H3,(H2,17,18,20). The van der Waals surface area contributed by atoms with Gasteiger partial charge < -0.3 is 20.5 Å². The average molecular weight is 320 g/mol. The van der Waals surface area contributed by atoms with Gasteiger partial charge >= 0.3 is 6.03 Å². The smallest absolute Gasteiger partial charge is 0.319 e. The summed E-state index contributed by atoms with van der Waals surface area (Å²) in [6.07, 6.45) is -0.263. The number of aryl methyl sites for hydroxylation is 1. The lowest BCUT2D eigenvalue weighted by atomic mass is 10.2. The first-order valence-electron chi connectivity index (χ1n) is 7.05. The zero-order valence-corrected chi connectivity index (χ0v) is 13.2. The monoisotopic (exact) mass is 320 g/mol. The number of hydrogen-bond donors (Lipinski definition) is 3. The molecule has 0 saturated heterocycles. The van der Waals surface area contributed by atoms with Gasteiger partial charge in [-0.25, -0.2) is 4.79 Å². The van der Waals surface area contributed by atoms with Crippen LogP contribution in [0.3, 0.4) is 0 Å². The second-order valence-electron chi connectivity index (χ2n) is 4.79. The topological polar surface area (TPSA) is 70.6 Å². The molecule has 0 fully saturated rings. The van der Waals surface area contributed by atoms with Crippen LogP contribution in [0.2, 0.25) is 0 Å². The summed E-state index contributed by atoms with van der Waals surface area (Å²) in [5.41, 5.74) is 2.78. The first kappa shape index (κ1) is 16.5. The van der Waals surface area contributed by atoms with Crippen LogP contribution in [0.15, 0.2) is 41.1 Å². The van der Waals surface area contributed by atoms with E-state index in [2.05, 4.69) is 10.6 Å². The average Bonchev–Trinajstić information content (AvgIpc) is 3.04. The number of hydrogen-bond acceptors (Lipinski definition) is 4. The van der Waals surface area contributed by atoms with Gasteiger partial charge in [-0.05, 0) is 40.9 Å². The van der Waals surface area contributed by atoms with Gasteiger partial charge in [-0.2, -0.15) is 11.3 Å². The summed E-state index contributed by atoms with van der Waals surface area (Å²) in [6.45, 7) is 2.47. The van der Waals surface area contributed by atoms with E-state index in [9.17, 15) is 4.79 Å². The van der Waals surface area contributed by atoms with Crippen molar-refractivity contribution in [2.24, 2.45) is 0 Å². The zero-order chi connectivity index (χ0) is 15.8. The summed E-state index contributed by atoms with van der Waals surface area (Å²) in [6, 6.07) is 9.27. The van der Waals surface area contributed by atoms with Gasteiger partial charge in [-0.15, -0.1) is 0 Å². The van der Waals surface area contributed by atoms with E-state index in [1.807, 2.05) is 48.0 Å². The van der Waals surface area contributed by atoms with Gasteiger partial charge in [0.2, 0.25) is 0 Å². The van der Waals surface area contributed by atoms with Gasteiger partial charge in [0.15, 0.2) is 0 Å². The number of rotatable bonds is 7. The van der Waals surface area contributed by atoms with Crippen molar-refractivity contribution in [1.29, 1.82) is 0 Å².